The third kappa shape index (κ3) is 3.87. The van der Waals surface area contributed by atoms with Crippen LogP contribution in [0.25, 0.3) is 6.08 Å². The van der Waals surface area contributed by atoms with Crippen LogP contribution in [0.5, 0.6) is 5.75 Å². The van der Waals surface area contributed by atoms with E-state index in [4.69, 9.17) is 9.84 Å². The molecule has 4 nitrogen and oxygen atoms in total. The monoisotopic (exact) mass is 347 g/mol. The molecule has 1 aromatic rings. The van der Waals surface area contributed by atoms with Gasteiger partial charge in [-0.1, -0.05) is 31.6 Å². The van der Waals surface area contributed by atoms with E-state index in [-0.39, 0.29) is 13.0 Å². The first-order valence-corrected chi connectivity index (χ1v) is 9.02. The van der Waals surface area contributed by atoms with Gasteiger partial charge in [-0.15, -0.1) is 0 Å². The average molecular weight is 347 g/mol. The van der Waals surface area contributed by atoms with Crippen molar-refractivity contribution in [2.24, 2.45) is 5.92 Å². The summed E-state index contributed by atoms with van der Waals surface area (Å²) in [6, 6.07) is 6.18. The summed E-state index contributed by atoms with van der Waals surface area (Å²) in [6.07, 6.45) is 4.16. The summed E-state index contributed by atoms with van der Waals surface area (Å²) in [6.45, 7) is 6.08. The van der Waals surface area contributed by atoms with E-state index in [0.717, 1.165) is 25.2 Å². The van der Waals surface area contributed by atoms with Gasteiger partial charge in [0, 0.05) is 26.1 Å². The topological polar surface area (TPSA) is 49.8 Å². The van der Waals surface area contributed by atoms with Crippen molar-refractivity contribution in [1.82, 2.24) is 4.90 Å². The van der Waals surface area contributed by atoms with E-state index in [1.165, 1.54) is 16.7 Å². The molecule has 2 aliphatic rings. The highest BCUT2D eigenvalue weighted by Crippen LogP contribution is 2.33. The molecule has 0 saturated carbocycles. The fourth-order valence-corrected chi connectivity index (χ4v) is 3.63. The minimum Gasteiger partial charge on any atom is -0.494 e. The van der Waals surface area contributed by atoms with Crippen LogP contribution in [0.4, 0.5) is 4.39 Å². The van der Waals surface area contributed by atoms with Crippen molar-refractivity contribution in [2.45, 2.75) is 38.8 Å². The molecular formula is C20H26FNO3. The average Bonchev–Trinajstić information content (AvgIpc) is 2.96. The standard InChI is InChI=1S/C20H26FNO3/c1-3-8-25-18-5-4-15-10-17(14(2)9-16(15)11-18)12-22-7-6-20(21,13-22)19(23)24/h4-5,10-11,14H,3,6-9,12-13H2,1-2H3,(H,23,24)/t14-,20?/m1/s1. The largest absolute Gasteiger partial charge is 0.494 e. The van der Waals surface area contributed by atoms with Crippen LogP contribution in [0.2, 0.25) is 0 Å². The van der Waals surface area contributed by atoms with E-state index in [0.29, 0.717) is 19.0 Å². The number of hydrogen-bond acceptors (Lipinski definition) is 3. The van der Waals surface area contributed by atoms with Crippen molar-refractivity contribution in [3.8, 4) is 5.75 Å². The normalized spacial score (nSPS) is 26.2. The SMILES string of the molecule is CCCOc1ccc2c(c1)C[C@@H](C)C(CN1CCC(F)(C(=O)O)C1)=C2. The Labute approximate surface area is 148 Å². The van der Waals surface area contributed by atoms with E-state index < -0.39 is 11.6 Å². The maximum atomic E-state index is 14.2. The fraction of sp³-hybridized carbons (Fsp3) is 0.550. The number of benzene rings is 1. The van der Waals surface area contributed by atoms with E-state index in [1.54, 1.807) is 0 Å². The van der Waals surface area contributed by atoms with Crippen LogP contribution in [-0.2, 0) is 11.2 Å². The molecule has 0 aromatic heterocycles. The van der Waals surface area contributed by atoms with E-state index in [1.807, 2.05) is 11.0 Å². The van der Waals surface area contributed by atoms with E-state index >= 15 is 0 Å². The molecule has 1 heterocycles. The third-order valence-electron chi connectivity index (χ3n) is 5.18. The van der Waals surface area contributed by atoms with Gasteiger partial charge in [0.05, 0.1) is 6.61 Å². The van der Waals surface area contributed by atoms with Gasteiger partial charge in [-0.3, -0.25) is 4.90 Å². The maximum absolute atomic E-state index is 14.2. The molecule has 2 atom stereocenters. The van der Waals surface area contributed by atoms with Crippen LogP contribution in [0.15, 0.2) is 23.8 Å². The summed E-state index contributed by atoms with van der Waals surface area (Å²) in [5, 5.41) is 9.04. The minimum absolute atomic E-state index is 0.0248. The molecule has 1 unspecified atom stereocenters. The Hall–Kier alpha value is -1.88. The Kier molecular flexibility index (Phi) is 5.13. The number of likely N-dealkylation sites (tertiary alicyclic amines) is 1. The highest BCUT2D eigenvalue weighted by atomic mass is 19.1. The summed E-state index contributed by atoms with van der Waals surface area (Å²) in [5.74, 6) is -0.0770. The number of alkyl halides is 1. The van der Waals surface area contributed by atoms with Crippen LogP contribution in [-0.4, -0.2) is 47.9 Å². The smallest absolute Gasteiger partial charge is 0.342 e. The zero-order valence-electron chi connectivity index (χ0n) is 14.9. The van der Waals surface area contributed by atoms with Gasteiger partial charge >= 0.3 is 5.97 Å². The van der Waals surface area contributed by atoms with E-state index in [9.17, 15) is 9.18 Å². The van der Waals surface area contributed by atoms with Crippen LogP contribution >= 0.6 is 0 Å². The summed E-state index contributed by atoms with van der Waals surface area (Å²) < 4.78 is 20.0. The number of nitrogens with zero attached hydrogens (tertiary/aromatic N) is 1. The Morgan fingerprint density at radius 2 is 2.28 bits per heavy atom. The predicted octanol–water partition coefficient (Wildman–Crippen LogP) is 3.55. The van der Waals surface area contributed by atoms with Crippen LogP contribution in [0.3, 0.4) is 0 Å². The highest BCUT2D eigenvalue weighted by Gasteiger charge is 2.45. The number of rotatable bonds is 6. The van der Waals surface area contributed by atoms with Gasteiger partial charge in [-0.25, -0.2) is 9.18 Å². The number of ether oxygens (including phenoxy) is 1. The number of halogens is 1. The number of fused-ring (bicyclic) bond motifs is 1. The second kappa shape index (κ2) is 7.16. The molecular weight excluding hydrogens is 321 g/mol. The molecule has 0 radical (unpaired) electrons. The van der Waals surface area contributed by atoms with Crippen LogP contribution in [0, 0.1) is 5.92 Å². The molecule has 0 amide bonds. The minimum atomic E-state index is -2.10. The first-order chi connectivity index (χ1) is 11.9. The molecule has 1 aliphatic heterocycles. The second-order valence-corrected chi connectivity index (χ2v) is 7.26. The quantitative estimate of drug-likeness (QED) is 0.855. The first-order valence-electron chi connectivity index (χ1n) is 9.02. The highest BCUT2D eigenvalue weighted by molar-refractivity contribution is 5.78. The lowest BCUT2D eigenvalue weighted by Gasteiger charge is -2.27. The Morgan fingerprint density at radius 1 is 1.48 bits per heavy atom. The molecule has 0 spiro atoms. The number of aliphatic carboxylic acids is 1. The third-order valence-corrected chi connectivity index (χ3v) is 5.18. The van der Waals surface area contributed by atoms with Gasteiger partial charge < -0.3 is 9.84 Å². The van der Waals surface area contributed by atoms with Crippen molar-refractivity contribution in [1.29, 1.82) is 0 Å². The number of hydrogen-bond donors (Lipinski definition) is 1. The lowest BCUT2D eigenvalue weighted by atomic mass is 9.84. The van der Waals surface area contributed by atoms with Crippen molar-refractivity contribution >= 4 is 12.0 Å². The second-order valence-electron chi connectivity index (χ2n) is 7.26. The fourth-order valence-electron chi connectivity index (χ4n) is 3.63. The summed E-state index contributed by atoms with van der Waals surface area (Å²) in [4.78, 5) is 13.0. The zero-order valence-corrected chi connectivity index (χ0v) is 14.9. The Balaban J connectivity index is 1.71. The molecule has 1 fully saturated rings. The molecule has 136 valence electrons. The van der Waals surface area contributed by atoms with Gasteiger partial charge in [0.25, 0.3) is 0 Å². The van der Waals surface area contributed by atoms with Gasteiger partial charge in [0.15, 0.2) is 0 Å². The first kappa shape index (κ1) is 17.9. The van der Waals surface area contributed by atoms with E-state index in [2.05, 4.69) is 32.1 Å². The molecule has 0 bridgehead atoms. The molecule has 1 saturated heterocycles. The number of carbonyl (C=O) groups is 1. The van der Waals surface area contributed by atoms with Crippen LogP contribution in [0.1, 0.15) is 37.8 Å². The lowest BCUT2D eigenvalue weighted by molar-refractivity contribution is -0.149. The molecule has 5 heteroatoms. The maximum Gasteiger partial charge on any atom is 0.342 e. The van der Waals surface area contributed by atoms with Gasteiger partial charge in [-0.2, -0.15) is 0 Å². The number of carboxylic acid groups (broad SMARTS) is 1. The zero-order chi connectivity index (χ0) is 18.0. The molecule has 1 N–H and O–H groups in total. The van der Waals surface area contributed by atoms with Crippen molar-refractivity contribution in [2.75, 3.05) is 26.2 Å². The molecule has 1 aliphatic carbocycles. The predicted molar refractivity (Wildman–Crippen MR) is 95.6 cm³/mol. The molecule has 1 aromatic carbocycles. The van der Waals surface area contributed by atoms with Gasteiger partial charge in [-0.05, 0) is 42.0 Å². The van der Waals surface area contributed by atoms with Crippen molar-refractivity contribution in [3.05, 3.63) is 34.9 Å². The summed E-state index contributed by atoms with van der Waals surface area (Å²) in [5.41, 5.74) is 1.60. The van der Waals surface area contributed by atoms with Crippen molar-refractivity contribution in [3.63, 3.8) is 0 Å². The van der Waals surface area contributed by atoms with Crippen molar-refractivity contribution < 1.29 is 19.0 Å². The Morgan fingerprint density at radius 3 is 2.96 bits per heavy atom. The van der Waals surface area contributed by atoms with Crippen LogP contribution < -0.4 is 4.74 Å². The molecule has 3 rings (SSSR count). The molecule has 25 heavy (non-hydrogen) atoms. The summed E-state index contributed by atoms with van der Waals surface area (Å²) >= 11 is 0. The number of carboxylic acids is 1. The van der Waals surface area contributed by atoms with Gasteiger partial charge in [0.2, 0.25) is 5.67 Å². The lowest BCUT2D eigenvalue weighted by Crippen LogP contribution is -2.37. The van der Waals surface area contributed by atoms with Gasteiger partial charge in [0.1, 0.15) is 5.75 Å². The summed E-state index contributed by atoms with van der Waals surface area (Å²) in [7, 11) is 0. The Bertz CT molecular complexity index is 688.